The van der Waals surface area contributed by atoms with Crippen molar-refractivity contribution in [2.24, 2.45) is 0 Å². The highest BCUT2D eigenvalue weighted by Crippen LogP contribution is 2.30. The van der Waals surface area contributed by atoms with Crippen molar-refractivity contribution in [2.45, 2.75) is 45.2 Å². The van der Waals surface area contributed by atoms with Crippen molar-refractivity contribution in [2.75, 3.05) is 12.3 Å². The molecule has 0 spiro atoms. The number of halogens is 1. The molecule has 1 fully saturated rings. The molecule has 0 radical (unpaired) electrons. The average molecular weight is 253 g/mol. The molecular weight excluding hydrogens is 232 g/mol. The molecule has 1 aromatic carbocycles. The first-order chi connectivity index (χ1) is 8.20. The second-order valence-corrected chi connectivity index (χ2v) is 5.33. The molecule has 2 rings (SSSR count). The number of hydrogen-bond donors (Lipinski definition) is 1. The fourth-order valence-corrected chi connectivity index (χ4v) is 2.32. The van der Waals surface area contributed by atoms with Crippen LogP contribution in [0.2, 0.25) is 5.02 Å². The molecule has 1 saturated carbocycles. The minimum absolute atomic E-state index is 0.778. The van der Waals surface area contributed by atoms with Crippen LogP contribution in [0.15, 0.2) is 18.2 Å². The maximum Gasteiger partial charge on any atom is 0.0410 e. The summed E-state index contributed by atoms with van der Waals surface area (Å²) in [5, 5.41) is 0.778. The number of hydrogen-bond acceptors (Lipinski definition) is 2. The lowest BCUT2D eigenvalue weighted by atomic mass is 10.1. The van der Waals surface area contributed by atoms with Crippen molar-refractivity contribution in [1.29, 1.82) is 0 Å². The normalized spacial score (nSPS) is 15.5. The summed E-state index contributed by atoms with van der Waals surface area (Å²) in [5.41, 5.74) is 8.03. The van der Waals surface area contributed by atoms with Crippen LogP contribution in [0.4, 0.5) is 5.69 Å². The van der Waals surface area contributed by atoms with Gasteiger partial charge in [0, 0.05) is 23.3 Å². The Balaban J connectivity index is 2.03. The zero-order chi connectivity index (χ0) is 12.3. The molecule has 3 heteroatoms. The number of benzene rings is 1. The van der Waals surface area contributed by atoms with Gasteiger partial charge in [-0.15, -0.1) is 0 Å². The van der Waals surface area contributed by atoms with E-state index in [2.05, 4.69) is 11.8 Å². The topological polar surface area (TPSA) is 29.3 Å². The van der Waals surface area contributed by atoms with Crippen molar-refractivity contribution in [3.05, 3.63) is 28.8 Å². The van der Waals surface area contributed by atoms with E-state index in [-0.39, 0.29) is 0 Å². The summed E-state index contributed by atoms with van der Waals surface area (Å²) in [7, 11) is 0. The van der Waals surface area contributed by atoms with E-state index < -0.39 is 0 Å². The molecule has 1 aliphatic carbocycles. The predicted octanol–water partition coefficient (Wildman–Crippen LogP) is 3.69. The second-order valence-electron chi connectivity index (χ2n) is 4.90. The smallest absolute Gasteiger partial charge is 0.0410 e. The number of nitrogens with two attached hydrogens (primary N) is 1. The zero-order valence-corrected chi connectivity index (χ0v) is 11.2. The lowest BCUT2D eigenvalue weighted by Crippen LogP contribution is -2.27. The second kappa shape index (κ2) is 5.74. The lowest BCUT2D eigenvalue weighted by Gasteiger charge is -2.22. The first-order valence-corrected chi connectivity index (χ1v) is 6.86. The van der Waals surface area contributed by atoms with Gasteiger partial charge in [-0.2, -0.15) is 0 Å². The maximum atomic E-state index is 6.03. The van der Waals surface area contributed by atoms with Crippen molar-refractivity contribution in [1.82, 2.24) is 4.90 Å². The van der Waals surface area contributed by atoms with Crippen LogP contribution in [-0.4, -0.2) is 17.5 Å². The molecule has 2 nitrogen and oxygen atoms in total. The Morgan fingerprint density at radius 3 is 2.82 bits per heavy atom. The van der Waals surface area contributed by atoms with Gasteiger partial charge < -0.3 is 5.73 Å². The first kappa shape index (κ1) is 12.7. The monoisotopic (exact) mass is 252 g/mol. The summed E-state index contributed by atoms with van der Waals surface area (Å²) in [6.45, 7) is 4.35. The van der Waals surface area contributed by atoms with Crippen molar-refractivity contribution in [3.63, 3.8) is 0 Å². The van der Waals surface area contributed by atoms with Crippen LogP contribution in [0, 0.1) is 0 Å². The van der Waals surface area contributed by atoms with Gasteiger partial charge in [0.25, 0.3) is 0 Å². The summed E-state index contributed by atoms with van der Waals surface area (Å²) in [4.78, 5) is 2.55. The van der Waals surface area contributed by atoms with Crippen LogP contribution >= 0.6 is 11.6 Å². The van der Waals surface area contributed by atoms with Gasteiger partial charge in [-0.05, 0) is 49.6 Å². The number of nitrogens with zero attached hydrogens (tertiary/aromatic N) is 1. The molecule has 0 bridgehead atoms. The van der Waals surface area contributed by atoms with Crippen molar-refractivity contribution >= 4 is 17.3 Å². The van der Waals surface area contributed by atoms with E-state index in [1.807, 2.05) is 18.2 Å². The Morgan fingerprint density at radius 1 is 1.41 bits per heavy atom. The van der Waals surface area contributed by atoms with Crippen LogP contribution in [0.3, 0.4) is 0 Å². The largest absolute Gasteiger partial charge is 0.398 e. The fraction of sp³-hybridized carbons (Fsp3) is 0.571. The van der Waals surface area contributed by atoms with Gasteiger partial charge in [0.15, 0.2) is 0 Å². The summed E-state index contributed by atoms with van der Waals surface area (Å²) in [5.74, 6) is 0. The number of nitrogen functional groups attached to an aromatic ring is 1. The molecule has 0 atom stereocenters. The number of rotatable bonds is 6. The molecule has 0 aromatic heterocycles. The molecule has 0 saturated heterocycles. The fourth-order valence-electron chi connectivity index (χ4n) is 2.12. The maximum absolute atomic E-state index is 6.03. The van der Waals surface area contributed by atoms with Crippen LogP contribution < -0.4 is 5.73 Å². The van der Waals surface area contributed by atoms with Crippen LogP contribution in [-0.2, 0) is 6.54 Å². The molecule has 1 aromatic rings. The molecule has 0 unspecified atom stereocenters. The zero-order valence-electron chi connectivity index (χ0n) is 10.5. The van der Waals surface area contributed by atoms with Gasteiger partial charge in [-0.25, -0.2) is 0 Å². The molecule has 94 valence electrons. The highest BCUT2D eigenvalue weighted by molar-refractivity contribution is 6.30. The number of anilines is 1. The lowest BCUT2D eigenvalue weighted by molar-refractivity contribution is 0.251. The van der Waals surface area contributed by atoms with Crippen LogP contribution in [0.25, 0.3) is 0 Å². The molecule has 0 amide bonds. The van der Waals surface area contributed by atoms with Crippen LogP contribution in [0.1, 0.15) is 38.2 Å². The molecular formula is C14H21ClN2. The minimum Gasteiger partial charge on any atom is -0.398 e. The van der Waals surface area contributed by atoms with Gasteiger partial charge >= 0.3 is 0 Å². The third kappa shape index (κ3) is 3.62. The Bertz CT molecular complexity index is 374. The third-order valence-corrected chi connectivity index (χ3v) is 3.58. The molecule has 0 aliphatic heterocycles. The van der Waals surface area contributed by atoms with E-state index in [1.165, 1.54) is 37.8 Å². The summed E-state index contributed by atoms with van der Waals surface area (Å²) in [6, 6.07) is 6.54. The van der Waals surface area contributed by atoms with Crippen LogP contribution in [0.5, 0.6) is 0 Å². The standard InChI is InChI=1S/C14H21ClN2/c1-2-3-8-17(13-5-6-13)10-11-9-12(15)4-7-14(11)16/h4,7,9,13H,2-3,5-6,8,10,16H2,1H3. The van der Waals surface area contributed by atoms with Gasteiger partial charge in [-0.1, -0.05) is 24.9 Å². The summed E-state index contributed by atoms with van der Waals surface area (Å²) < 4.78 is 0. The molecule has 2 N–H and O–H groups in total. The highest BCUT2D eigenvalue weighted by Gasteiger charge is 2.28. The molecule has 1 aliphatic rings. The van der Waals surface area contributed by atoms with Crippen molar-refractivity contribution < 1.29 is 0 Å². The molecule has 17 heavy (non-hydrogen) atoms. The quantitative estimate of drug-likeness (QED) is 0.783. The van der Waals surface area contributed by atoms with Gasteiger partial charge in [0.2, 0.25) is 0 Å². The number of unbranched alkanes of at least 4 members (excludes halogenated alkanes) is 1. The highest BCUT2D eigenvalue weighted by atomic mass is 35.5. The minimum atomic E-state index is 0.778. The Morgan fingerprint density at radius 2 is 2.18 bits per heavy atom. The average Bonchev–Trinajstić information content (AvgIpc) is 3.13. The van der Waals surface area contributed by atoms with Gasteiger partial charge in [0.05, 0.1) is 0 Å². The summed E-state index contributed by atoms with van der Waals surface area (Å²) in [6.07, 6.45) is 5.18. The van der Waals surface area contributed by atoms with Crippen molar-refractivity contribution in [3.8, 4) is 0 Å². The Kier molecular flexibility index (Phi) is 4.30. The van der Waals surface area contributed by atoms with E-state index in [0.29, 0.717) is 0 Å². The van der Waals surface area contributed by atoms with E-state index in [4.69, 9.17) is 17.3 Å². The van der Waals surface area contributed by atoms with Gasteiger partial charge in [0.1, 0.15) is 0 Å². The third-order valence-electron chi connectivity index (χ3n) is 3.34. The Hall–Kier alpha value is -0.730. The molecule has 0 heterocycles. The predicted molar refractivity (Wildman–Crippen MR) is 74.2 cm³/mol. The van der Waals surface area contributed by atoms with E-state index in [0.717, 1.165) is 23.3 Å². The SMILES string of the molecule is CCCCN(Cc1cc(Cl)ccc1N)C1CC1. The van der Waals surface area contributed by atoms with E-state index in [9.17, 15) is 0 Å². The van der Waals surface area contributed by atoms with E-state index >= 15 is 0 Å². The summed E-state index contributed by atoms with van der Waals surface area (Å²) >= 11 is 6.03. The van der Waals surface area contributed by atoms with Gasteiger partial charge in [-0.3, -0.25) is 4.90 Å². The first-order valence-electron chi connectivity index (χ1n) is 6.48. The van der Waals surface area contributed by atoms with E-state index in [1.54, 1.807) is 0 Å². The Labute approximate surface area is 109 Å².